The zero-order valence-corrected chi connectivity index (χ0v) is 16.7. The van der Waals surface area contributed by atoms with Gasteiger partial charge in [-0.3, -0.25) is 9.69 Å². The second-order valence-electron chi connectivity index (χ2n) is 8.59. The van der Waals surface area contributed by atoms with Gasteiger partial charge in [0.15, 0.2) is 0 Å². The Morgan fingerprint density at radius 1 is 1.19 bits per heavy atom. The second kappa shape index (κ2) is 8.28. The minimum atomic E-state index is -0.543. The number of carbonyl (C=O) groups excluding carboxylic acids is 2. The molecule has 2 aliphatic rings. The molecule has 0 spiro atoms. The fraction of sp³-hybridized carbons (Fsp3) is 0.667. The van der Waals surface area contributed by atoms with Crippen molar-refractivity contribution >= 4 is 18.3 Å². The summed E-state index contributed by atoms with van der Waals surface area (Å²) >= 11 is 0. The third-order valence-corrected chi connectivity index (χ3v) is 5.36. The molecule has 0 N–H and O–H groups in total. The van der Waals surface area contributed by atoms with Crippen LogP contribution in [0.4, 0.5) is 10.6 Å². The van der Waals surface area contributed by atoms with Crippen LogP contribution < -0.4 is 4.90 Å². The Labute approximate surface area is 161 Å². The van der Waals surface area contributed by atoms with Crippen molar-refractivity contribution in [3.8, 4) is 0 Å². The van der Waals surface area contributed by atoms with Gasteiger partial charge in [-0.05, 0) is 58.1 Å². The molecule has 3 rings (SSSR count). The van der Waals surface area contributed by atoms with Crippen LogP contribution in [0.1, 0.15) is 77.3 Å². The molecule has 1 saturated heterocycles. The average molecular weight is 373 g/mol. The van der Waals surface area contributed by atoms with Gasteiger partial charge in [-0.25, -0.2) is 9.78 Å². The van der Waals surface area contributed by atoms with Crippen LogP contribution in [-0.4, -0.2) is 40.6 Å². The normalized spacial score (nSPS) is 21.1. The van der Waals surface area contributed by atoms with E-state index in [1.807, 2.05) is 44.0 Å². The lowest BCUT2D eigenvalue weighted by Gasteiger charge is -2.35. The van der Waals surface area contributed by atoms with Crippen molar-refractivity contribution in [3.63, 3.8) is 0 Å². The Morgan fingerprint density at radius 3 is 2.52 bits per heavy atom. The van der Waals surface area contributed by atoms with Crippen molar-refractivity contribution in [2.75, 3.05) is 11.4 Å². The number of rotatable bonds is 4. The first-order valence-corrected chi connectivity index (χ1v) is 10.1. The van der Waals surface area contributed by atoms with Crippen LogP contribution in [-0.2, 0) is 9.53 Å². The van der Waals surface area contributed by atoms with E-state index >= 15 is 0 Å². The van der Waals surface area contributed by atoms with Crippen molar-refractivity contribution < 1.29 is 14.3 Å². The maximum Gasteiger partial charge on any atom is 0.416 e. The summed E-state index contributed by atoms with van der Waals surface area (Å²) in [7, 11) is 0. The molecule has 2 heterocycles. The Kier molecular flexibility index (Phi) is 6.02. The molecule has 1 aliphatic carbocycles. The first kappa shape index (κ1) is 19.6. The van der Waals surface area contributed by atoms with Gasteiger partial charge in [-0.15, -0.1) is 0 Å². The highest BCUT2D eigenvalue weighted by atomic mass is 16.6. The lowest BCUT2D eigenvalue weighted by atomic mass is 9.94. The lowest BCUT2D eigenvalue weighted by Crippen LogP contribution is -2.45. The summed E-state index contributed by atoms with van der Waals surface area (Å²) in [5.74, 6) is 0.635. The molecule has 148 valence electrons. The summed E-state index contributed by atoms with van der Waals surface area (Å²) < 4.78 is 5.66. The van der Waals surface area contributed by atoms with Crippen molar-refractivity contribution in [2.45, 2.75) is 83.4 Å². The fourth-order valence-corrected chi connectivity index (χ4v) is 4.09. The predicted molar refractivity (Wildman–Crippen MR) is 105 cm³/mol. The Hall–Kier alpha value is -2.11. The summed E-state index contributed by atoms with van der Waals surface area (Å²) in [6.07, 6.45) is 9.78. The van der Waals surface area contributed by atoms with Crippen LogP contribution in [0.15, 0.2) is 18.3 Å². The topological polar surface area (TPSA) is 62.7 Å². The second-order valence-corrected chi connectivity index (χ2v) is 8.59. The molecule has 0 aromatic carbocycles. The first-order valence-electron chi connectivity index (χ1n) is 10.1. The van der Waals surface area contributed by atoms with Crippen LogP contribution in [0.25, 0.3) is 0 Å². The molecule has 27 heavy (non-hydrogen) atoms. The minimum absolute atomic E-state index is 0.0914. The number of hydrogen-bond acceptors (Lipinski definition) is 4. The molecule has 0 unspecified atom stereocenters. The number of pyridine rings is 1. The zero-order chi connectivity index (χ0) is 19.4. The van der Waals surface area contributed by atoms with E-state index in [0.29, 0.717) is 5.82 Å². The SMILES string of the molecule is CC(C)(C)OC(=O)N(c1ccc([C@@H]2CCCN2C=O)cn1)C1CCCCC1. The van der Waals surface area contributed by atoms with E-state index in [1.54, 1.807) is 4.90 Å². The molecular weight excluding hydrogens is 342 g/mol. The molecule has 0 radical (unpaired) electrons. The first-order chi connectivity index (χ1) is 12.9. The van der Waals surface area contributed by atoms with Gasteiger partial charge in [-0.2, -0.15) is 0 Å². The number of nitrogens with zero attached hydrogens (tertiary/aromatic N) is 3. The highest BCUT2D eigenvalue weighted by molar-refractivity contribution is 5.87. The third-order valence-electron chi connectivity index (χ3n) is 5.36. The monoisotopic (exact) mass is 373 g/mol. The molecule has 1 atom stereocenters. The molecule has 2 fully saturated rings. The number of ether oxygens (including phenoxy) is 1. The number of likely N-dealkylation sites (tertiary alicyclic amines) is 1. The van der Waals surface area contributed by atoms with Crippen LogP contribution >= 0.6 is 0 Å². The van der Waals surface area contributed by atoms with E-state index in [1.165, 1.54) is 6.42 Å². The summed E-state index contributed by atoms with van der Waals surface area (Å²) in [6.45, 7) is 6.44. The largest absolute Gasteiger partial charge is 0.443 e. The maximum absolute atomic E-state index is 12.9. The summed E-state index contributed by atoms with van der Waals surface area (Å²) in [5, 5.41) is 0. The Balaban J connectivity index is 1.83. The quantitative estimate of drug-likeness (QED) is 0.732. The highest BCUT2D eigenvalue weighted by Gasteiger charge is 2.32. The summed E-state index contributed by atoms with van der Waals surface area (Å²) in [6, 6.07) is 4.11. The van der Waals surface area contributed by atoms with Crippen molar-refractivity contribution in [1.29, 1.82) is 0 Å². The molecule has 6 nitrogen and oxygen atoms in total. The van der Waals surface area contributed by atoms with Gasteiger partial charge in [0.1, 0.15) is 11.4 Å². The van der Waals surface area contributed by atoms with Gasteiger partial charge in [-0.1, -0.05) is 25.3 Å². The molecule has 1 aromatic rings. The van der Waals surface area contributed by atoms with Crippen molar-refractivity contribution in [3.05, 3.63) is 23.9 Å². The maximum atomic E-state index is 12.9. The van der Waals surface area contributed by atoms with Gasteiger partial charge in [0.2, 0.25) is 6.41 Å². The Bertz CT molecular complexity index is 648. The molecular formula is C21H31N3O3. The predicted octanol–water partition coefficient (Wildman–Crippen LogP) is 4.45. The highest BCUT2D eigenvalue weighted by Crippen LogP contribution is 2.32. The van der Waals surface area contributed by atoms with Crippen LogP contribution in [0.3, 0.4) is 0 Å². The van der Waals surface area contributed by atoms with Crippen molar-refractivity contribution in [1.82, 2.24) is 9.88 Å². The number of carbonyl (C=O) groups is 2. The molecule has 6 heteroatoms. The number of hydrogen-bond donors (Lipinski definition) is 0. The van der Waals surface area contributed by atoms with E-state index in [4.69, 9.17) is 4.74 Å². The molecule has 2 amide bonds. The zero-order valence-electron chi connectivity index (χ0n) is 16.7. The standard InChI is InChI=1S/C21H31N3O3/c1-21(2,3)27-20(26)24(17-8-5-4-6-9-17)19-12-11-16(14-22-19)18-10-7-13-23(18)15-25/h11-12,14-15,17-18H,4-10,13H2,1-3H3/t18-/m0/s1. The van der Waals surface area contributed by atoms with Gasteiger partial charge in [0, 0.05) is 18.8 Å². The van der Waals surface area contributed by atoms with Gasteiger partial charge in [0.05, 0.1) is 6.04 Å². The minimum Gasteiger partial charge on any atom is -0.443 e. The molecule has 1 saturated carbocycles. The fourth-order valence-electron chi connectivity index (χ4n) is 4.09. The van der Waals surface area contributed by atoms with Crippen molar-refractivity contribution in [2.24, 2.45) is 0 Å². The van der Waals surface area contributed by atoms with Gasteiger partial charge >= 0.3 is 6.09 Å². The Morgan fingerprint density at radius 2 is 1.93 bits per heavy atom. The van der Waals surface area contributed by atoms with Gasteiger partial charge < -0.3 is 9.64 Å². The van der Waals surface area contributed by atoms with E-state index < -0.39 is 5.60 Å². The van der Waals surface area contributed by atoms with E-state index in [2.05, 4.69) is 4.98 Å². The number of anilines is 1. The third kappa shape index (κ3) is 4.79. The van der Waals surface area contributed by atoms with Gasteiger partial charge in [0.25, 0.3) is 0 Å². The molecule has 1 aliphatic heterocycles. The van der Waals surface area contributed by atoms with E-state index in [-0.39, 0.29) is 18.2 Å². The van der Waals surface area contributed by atoms with E-state index in [0.717, 1.165) is 57.0 Å². The number of amides is 2. The summed E-state index contributed by atoms with van der Waals surface area (Å²) in [5.41, 5.74) is 0.481. The molecule has 1 aromatic heterocycles. The smallest absolute Gasteiger partial charge is 0.416 e. The number of aromatic nitrogens is 1. The molecule has 0 bridgehead atoms. The summed E-state index contributed by atoms with van der Waals surface area (Å²) in [4.78, 5) is 32.3. The van der Waals surface area contributed by atoms with Crippen LogP contribution in [0.2, 0.25) is 0 Å². The van der Waals surface area contributed by atoms with E-state index in [9.17, 15) is 9.59 Å². The average Bonchev–Trinajstić information content (AvgIpc) is 3.11. The van der Waals surface area contributed by atoms with Crippen LogP contribution in [0, 0.1) is 0 Å². The lowest BCUT2D eigenvalue weighted by molar-refractivity contribution is -0.118. The van der Waals surface area contributed by atoms with Crippen LogP contribution in [0.5, 0.6) is 0 Å².